The van der Waals surface area contributed by atoms with Crippen molar-refractivity contribution in [3.05, 3.63) is 89.3 Å². The Balaban J connectivity index is 1.60. The number of aryl methyl sites for hydroxylation is 1. The Labute approximate surface area is 163 Å². The topological polar surface area (TPSA) is 56.4 Å². The van der Waals surface area contributed by atoms with Crippen LogP contribution in [0.5, 0.6) is 5.75 Å². The van der Waals surface area contributed by atoms with Gasteiger partial charge in [-0.15, -0.1) is 0 Å². The third kappa shape index (κ3) is 3.51. The molecule has 0 atom stereocenters. The van der Waals surface area contributed by atoms with Gasteiger partial charge in [0.2, 0.25) is 0 Å². The summed E-state index contributed by atoms with van der Waals surface area (Å²) in [6, 6.07) is 19.6. The zero-order valence-corrected chi connectivity index (χ0v) is 15.9. The first-order chi connectivity index (χ1) is 13.7. The van der Waals surface area contributed by atoms with Gasteiger partial charge >= 0.3 is 0 Å². The van der Waals surface area contributed by atoms with Crippen LogP contribution in [0, 0.1) is 6.92 Å². The number of fused-ring (bicyclic) bond motifs is 1. The lowest BCUT2D eigenvalue weighted by Gasteiger charge is -2.12. The monoisotopic (exact) mass is 374 g/mol. The number of carbonyl (C=O) groups is 1. The van der Waals surface area contributed by atoms with Crippen molar-refractivity contribution < 1.29 is 13.9 Å². The van der Waals surface area contributed by atoms with Gasteiger partial charge < -0.3 is 19.0 Å². The molecule has 0 saturated heterocycles. The van der Waals surface area contributed by atoms with E-state index in [0.717, 1.165) is 16.8 Å². The van der Waals surface area contributed by atoms with Crippen LogP contribution in [0.15, 0.2) is 71.3 Å². The normalized spacial score (nSPS) is 10.9. The molecule has 0 unspecified atom stereocenters. The van der Waals surface area contributed by atoms with Crippen LogP contribution in [0.1, 0.15) is 27.2 Å². The van der Waals surface area contributed by atoms with Gasteiger partial charge in [0.25, 0.3) is 5.91 Å². The van der Waals surface area contributed by atoms with E-state index in [4.69, 9.17) is 9.15 Å². The van der Waals surface area contributed by atoms with Gasteiger partial charge in [0.1, 0.15) is 11.4 Å². The van der Waals surface area contributed by atoms with Crippen LogP contribution < -0.4 is 10.1 Å². The lowest BCUT2D eigenvalue weighted by atomic mass is 10.1. The maximum atomic E-state index is 12.9. The van der Waals surface area contributed by atoms with Crippen molar-refractivity contribution in [2.24, 2.45) is 0 Å². The summed E-state index contributed by atoms with van der Waals surface area (Å²) < 4.78 is 12.8. The predicted octanol–water partition coefficient (Wildman–Crippen LogP) is 4.53. The zero-order chi connectivity index (χ0) is 19.5. The molecule has 0 spiro atoms. The van der Waals surface area contributed by atoms with Crippen LogP contribution in [0.2, 0.25) is 0 Å². The number of ether oxygens (including phenoxy) is 1. The van der Waals surface area contributed by atoms with Crippen LogP contribution in [-0.2, 0) is 13.1 Å². The minimum Gasteiger partial charge on any atom is -0.497 e. The number of carbonyl (C=O) groups excluding carboxylic acids is 1. The quantitative estimate of drug-likeness (QED) is 0.539. The third-order valence-corrected chi connectivity index (χ3v) is 4.93. The van der Waals surface area contributed by atoms with Gasteiger partial charge in [-0.25, -0.2) is 0 Å². The lowest BCUT2D eigenvalue weighted by Crippen LogP contribution is -2.25. The second kappa shape index (κ2) is 7.64. The van der Waals surface area contributed by atoms with E-state index in [1.807, 2.05) is 47.0 Å². The molecule has 1 amide bonds. The van der Waals surface area contributed by atoms with Crippen molar-refractivity contribution in [1.29, 1.82) is 0 Å². The number of nitrogens with one attached hydrogen (secondary N) is 1. The van der Waals surface area contributed by atoms with E-state index in [1.165, 1.54) is 11.1 Å². The van der Waals surface area contributed by atoms with Crippen LogP contribution in [0.25, 0.3) is 11.1 Å². The van der Waals surface area contributed by atoms with Crippen molar-refractivity contribution in [3.63, 3.8) is 0 Å². The first-order valence-corrected chi connectivity index (χ1v) is 9.18. The number of benzene rings is 2. The molecule has 0 bridgehead atoms. The maximum absolute atomic E-state index is 12.9. The largest absolute Gasteiger partial charge is 0.497 e. The third-order valence-electron chi connectivity index (χ3n) is 4.93. The van der Waals surface area contributed by atoms with Gasteiger partial charge in [0.05, 0.1) is 18.9 Å². The number of methoxy groups -OCH3 is 1. The summed E-state index contributed by atoms with van der Waals surface area (Å²) in [6.07, 6.45) is 1.65. The molecule has 0 aliphatic rings. The molecule has 4 aromatic rings. The highest BCUT2D eigenvalue weighted by Crippen LogP contribution is 2.23. The molecule has 0 aliphatic heterocycles. The summed E-state index contributed by atoms with van der Waals surface area (Å²) in [7, 11) is 1.63. The number of amides is 1. The number of hydrogen-bond donors (Lipinski definition) is 1. The van der Waals surface area contributed by atoms with Gasteiger partial charge in [-0.1, -0.05) is 36.4 Å². The summed E-state index contributed by atoms with van der Waals surface area (Å²) in [5.74, 6) is 0.634. The van der Waals surface area contributed by atoms with Crippen molar-refractivity contribution in [3.8, 4) is 5.75 Å². The van der Waals surface area contributed by atoms with Crippen molar-refractivity contribution in [2.75, 3.05) is 7.11 Å². The molecule has 2 heterocycles. The minimum absolute atomic E-state index is 0.136. The molecule has 28 heavy (non-hydrogen) atoms. The molecule has 1 N–H and O–H groups in total. The molecule has 0 radical (unpaired) electrons. The van der Waals surface area contributed by atoms with E-state index < -0.39 is 0 Å². The molecule has 2 aromatic carbocycles. The lowest BCUT2D eigenvalue weighted by molar-refractivity contribution is 0.0942. The first-order valence-electron chi connectivity index (χ1n) is 9.18. The zero-order valence-electron chi connectivity index (χ0n) is 15.9. The van der Waals surface area contributed by atoms with Gasteiger partial charge in [-0.05, 0) is 35.7 Å². The van der Waals surface area contributed by atoms with Crippen LogP contribution >= 0.6 is 0 Å². The van der Waals surface area contributed by atoms with E-state index in [0.29, 0.717) is 24.4 Å². The smallest absolute Gasteiger partial charge is 0.268 e. The Morgan fingerprint density at radius 3 is 2.79 bits per heavy atom. The second-order valence-electron chi connectivity index (χ2n) is 6.75. The minimum atomic E-state index is -0.136. The molecule has 5 heteroatoms. The summed E-state index contributed by atoms with van der Waals surface area (Å²) in [6.45, 7) is 3.11. The highest BCUT2D eigenvalue weighted by Gasteiger charge is 2.18. The average molecular weight is 374 g/mol. The highest BCUT2D eigenvalue weighted by molar-refractivity contribution is 5.97. The van der Waals surface area contributed by atoms with E-state index in [1.54, 1.807) is 19.4 Å². The Bertz CT molecular complexity index is 1120. The highest BCUT2D eigenvalue weighted by atomic mass is 16.5. The maximum Gasteiger partial charge on any atom is 0.268 e. The number of hydrogen-bond acceptors (Lipinski definition) is 3. The Hall–Kier alpha value is -3.47. The van der Waals surface area contributed by atoms with E-state index in [2.05, 4.69) is 24.4 Å². The van der Waals surface area contributed by atoms with Crippen LogP contribution in [0.3, 0.4) is 0 Å². The second-order valence-corrected chi connectivity index (χ2v) is 6.75. The molecule has 0 fully saturated rings. The SMILES string of the molecule is COc1cccc(CNC(=O)c2cc3occc3n2Cc2ccccc2C)c1. The van der Waals surface area contributed by atoms with E-state index in [-0.39, 0.29) is 5.91 Å². The van der Waals surface area contributed by atoms with E-state index >= 15 is 0 Å². The standard InChI is InChI=1S/C23H22N2O3/c1-16-6-3-4-8-18(16)15-25-20-10-11-28-22(20)13-21(25)23(26)24-14-17-7-5-9-19(12-17)27-2/h3-13H,14-15H2,1-2H3,(H,24,26). The van der Waals surface area contributed by atoms with Crippen molar-refractivity contribution >= 4 is 17.0 Å². The molecule has 5 nitrogen and oxygen atoms in total. The van der Waals surface area contributed by atoms with Gasteiger partial charge in [0.15, 0.2) is 5.58 Å². The molecule has 0 aliphatic carbocycles. The van der Waals surface area contributed by atoms with Crippen LogP contribution in [0.4, 0.5) is 0 Å². The molecule has 0 saturated carbocycles. The van der Waals surface area contributed by atoms with Crippen molar-refractivity contribution in [2.45, 2.75) is 20.0 Å². The molecule has 4 rings (SSSR count). The van der Waals surface area contributed by atoms with Gasteiger partial charge in [0, 0.05) is 25.2 Å². The number of furan rings is 1. The average Bonchev–Trinajstić information content (AvgIpc) is 3.30. The number of nitrogens with zero attached hydrogens (tertiary/aromatic N) is 1. The van der Waals surface area contributed by atoms with Gasteiger partial charge in [-0.2, -0.15) is 0 Å². The predicted molar refractivity (Wildman–Crippen MR) is 109 cm³/mol. The summed E-state index contributed by atoms with van der Waals surface area (Å²) in [5.41, 5.74) is 5.54. The van der Waals surface area contributed by atoms with Crippen LogP contribution in [-0.4, -0.2) is 17.6 Å². The fourth-order valence-electron chi connectivity index (χ4n) is 3.35. The summed E-state index contributed by atoms with van der Waals surface area (Å²) in [5, 5.41) is 3.00. The number of aromatic nitrogens is 1. The molecule has 142 valence electrons. The summed E-state index contributed by atoms with van der Waals surface area (Å²) in [4.78, 5) is 12.9. The molecule has 2 aromatic heterocycles. The fraction of sp³-hybridized carbons (Fsp3) is 0.174. The van der Waals surface area contributed by atoms with Crippen molar-refractivity contribution in [1.82, 2.24) is 9.88 Å². The van der Waals surface area contributed by atoms with Gasteiger partial charge in [-0.3, -0.25) is 4.79 Å². The molecular weight excluding hydrogens is 352 g/mol. The Morgan fingerprint density at radius 1 is 1.11 bits per heavy atom. The Morgan fingerprint density at radius 2 is 1.96 bits per heavy atom. The first kappa shape index (κ1) is 17.9. The Kier molecular flexibility index (Phi) is 4.89. The molecular formula is C23H22N2O3. The number of rotatable bonds is 6. The van der Waals surface area contributed by atoms with E-state index in [9.17, 15) is 4.79 Å². The summed E-state index contributed by atoms with van der Waals surface area (Å²) >= 11 is 0. The fourth-order valence-corrected chi connectivity index (χ4v) is 3.35.